The van der Waals surface area contributed by atoms with Crippen molar-refractivity contribution in [3.8, 4) is 0 Å². The Kier molecular flexibility index (Phi) is 6.26. The molecular weight excluding hydrogens is 304 g/mol. The van der Waals surface area contributed by atoms with E-state index in [1.807, 2.05) is 13.8 Å². The van der Waals surface area contributed by atoms with Gasteiger partial charge >= 0.3 is 11.9 Å². The molecule has 128 valence electrons. The van der Waals surface area contributed by atoms with E-state index in [1.54, 1.807) is 0 Å². The summed E-state index contributed by atoms with van der Waals surface area (Å²) in [7, 11) is 0. The predicted molar refractivity (Wildman–Crippen MR) is 80.5 cm³/mol. The summed E-state index contributed by atoms with van der Waals surface area (Å²) in [5.74, 6) is -3.22. The maximum absolute atomic E-state index is 12.4. The van der Waals surface area contributed by atoms with Crippen LogP contribution < -0.4 is 11.1 Å². The number of hydrogen-bond donors (Lipinski definition) is 5. The smallest absolute Gasteiger partial charge is 0.326 e. The van der Waals surface area contributed by atoms with Gasteiger partial charge in [0.05, 0.1) is 12.7 Å². The van der Waals surface area contributed by atoms with E-state index < -0.39 is 35.8 Å². The standard InChI is InChI=1S/C14H22N4O5/c1-8(2)3-10(12(21)22)18-13(23)14(15,5-11(19)20)4-9-6-16-7-17-9/h6-8,10H,3-5,15H2,1-2H3,(H,16,17)(H,18,23)(H,19,20)(H,21,22)/t10-,14+/m0/s1. The minimum atomic E-state index is -1.77. The molecule has 1 rings (SSSR count). The van der Waals surface area contributed by atoms with Gasteiger partial charge in [-0.25, -0.2) is 9.78 Å². The lowest BCUT2D eigenvalue weighted by atomic mass is 9.89. The Morgan fingerprint density at radius 3 is 2.48 bits per heavy atom. The summed E-state index contributed by atoms with van der Waals surface area (Å²) >= 11 is 0. The quantitative estimate of drug-likeness (QED) is 0.418. The van der Waals surface area contributed by atoms with E-state index in [-0.39, 0.29) is 18.8 Å². The van der Waals surface area contributed by atoms with Crippen molar-refractivity contribution in [1.29, 1.82) is 0 Å². The minimum Gasteiger partial charge on any atom is -0.481 e. The lowest BCUT2D eigenvalue weighted by Crippen LogP contribution is -2.59. The van der Waals surface area contributed by atoms with Gasteiger partial charge in [0.1, 0.15) is 11.6 Å². The van der Waals surface area contributed by atoms with Crippen LogP contribution in [0.1, 0.15) is 32.4 Å². The Labute approximate surface area is 133 Å². The molecule has 0 aliphatic heterocycles. The fourth-order valence-electron chi connectivity index (χ4n) is 2.21. The van der Waals surface area contributed by atoms with E-state index >= 15 is 0 Å². The van der Waals surface area contributed by atoms with Gasteiger partial charge in [0.25, 0.3) is 0 Å². The van der Waals surface area contributed by atoms with Gasteiger partial charge in [0.2, 0.25) is 5.91 Å². The zero-order valence-electron chi connectivity index (χ0n) is 13.1. The molecule has 6 N–H and O–H groups in total. The van der Waals surface area contributed by atoms with E-state index in [0.717, 1.165) is 0 Å². The number of carboxylic acids is 2. The molecule has 0 saturated carbocycles. The highest BCUT2D eigenvalue weighted by Crippen LogP contribution is 2.15. The number of H-pyrrole nitrogens is 1. The van der Waals surface area contributed by atoms with Gasteiger partial charge in [-0.2, -0.15) is 0 Å². The van der Waals surface area contributed by atoms with Crippen molar-refractivity contribution in [2.75, 3.05) is 0 Å². The van der Waals surface area contributed by atoms with Gasteiger partial charge in [-0.3, -0.25) is 9.59 Å². The van der Waals surface area contributed by atoms with Crippen molar-refractivity contribution in [2.24, 2.45) is 11.7 Å². The third kappa shape index (κ3) is 5.70. The normalized spacial score (nSPS) is 15.0. The number of rotatable bonds is 9. The minimum absolute atomic E-state index is 0.0376. The summed E-state index contributed by atoms with van der Waals surface area (Å²) in [6.45, 7) is 3.64. The first-order valence-electron chi connectivity index (χ1n) is 7.15. The first-order valence-corrected chi connectivity index (χ1v) is 7.15. The molecule has 0 fully saturated rings. The van der Waals surface area contributed by atoms with Gasteiger partial charge in [0.15, 0.2) is 0 Å². The van der Waals surface area contributed by atoms with Crippen LogP contribution in [0.3, 0.4) is 0 Å². The molecule has 1 aromatic rings. The van der Waals surface area contributed by atoms with Crippen molar-refractivity contribution in [1.82, 2.24) is 15.3 Å². The topological polar surface area (TPSA) is 158 Å². The number of carbonyl (C=O) groups is 3. The molecule has 23 heavy (non-hydrogen) atoms. The van der Waals surface area contributed by atoms with E-state index in [2.05, 4.69) is 15.3 Å². The van der Waals surface area contributed by atoms with Gasteiger partial charge in [-0.15, -0.1) is 0 Å². The second kappa shape index (κ2) is 7.73. The second-order valence-corrected chi connectivity index (χ2v) is 5.97. The zero-order valence-corrected chi connectivity index (χ0v) is 13.1. The number of carbonyl (C=O) groups excluding carboxylic acids is 1. The molecule has 0 unspecified atom stereocenters. The largest absolute Gasteiger partial charge is 0.481 e. The maximum Gasteiger partial charge on any atom is 0.326 e. The monoisotopic (exact) mass is 326 g/mol. The molecule has 1 aromatic heterocycles. The number of carboxylic acid groups (broad SMARTS) is 2. The number of nitrogens with one attached hydrogen (secondary N) is 2. The summed E-state index contributed by atoms with van der Waals surface area (Å²) in [6.07, 6.45) is 2.30. The van der Waals surface area contributed by atoms with Crippen LogP contribution in [0.4, 0.5) is 0 Å². The molecule has 0 radical (unpaired) electrons. The molecule has 1 heterocycles. The molecule has 2 atom stereocenters. The number of aliphatic carboxylic acids is 2. The van der Waals surface area contributed by atoms with Crippen LogP contribution in [0.15, 0.2) is 12.5 Å². The highest BCUT2D eigenvalue weighted by molar-refractivity contribution is 5.93. The van der Waals surface area contributed by atoms with Crippen LogP contribution in [-0.4, -0.2) is 49.6 Å². The number of amides is 1. The first kappa shape index (κ1) is 18.6. The van der Waals surface area contributed by atoms with Gasteiger partial charge in [0, 0.05) is 18.3 Å². The molecular formula is C14H22N4O5. The van der Waals surface area contributed by atoms with Crippen LogP contribution in [0.5, 0.6) is 0 Å². The van der Waals surface area contributed by atoms with Crippen molar-refractivity contribution < 1.29 is 24.6 Å². The number of imidazole rings is 1. The Morgan fingerprint density at radius 1 is 1.39 bits per heavy atom. The van der Waals surface area contributed by atoms with Crippen molar-refractivity contribution >= 4 is 17.8 Å². The summed E-state index contributed by atoms with van der Waals surface area (Å²) in [4.78, 5) is 41.3. The molecule has 0 aromatic carbocycles. The molecule has 0 aliphatic carbocycles. The fourth-order valence-corrected chi connectivity index (χ4v) is 2.21. The number of aromatic amines is 1. The third-order valence-corrected chi connectivity index (χ3v) is 3.29. The molecule has 0 saturated heterocycles. The van der Waals surface area contributed by atoms with Gasteiger partial charge < -0.3 is 26.2 Å². The van der Waals surface area contributed by atoms with E-state index in [9.17, 15) is 19.5 Å². The van der Waals surface area contributed by atoms with Crippen molar-refractivity contribution in [2.45, 2.75) is 44.7 Å². The van der Waals surface area contributed by atoms with Crippen molar-refractivity contribution in [3.05, 3.63) is 18.2 Å². The second-order valence-electron chi connectivity index (χ2n) is 5.97. The summed E-state index contributed by atoms with van der Waals surface area (Å²) in [6, 6.07) is -1.12. The van der Waals surface area contributed by atoms with E-state index in [1.165, 1.54) is 12.5 Å². The van der Waals surface area contributed by atoms with Crippen LogP contribution in [-0.2, 0) is 20.8 Å². The average Bonchev–Trinajstić information content (AvgIpc) is 2.88. The summed E-state index contributed by atoms with van der Waals surface area (Å²) in [5, 5.41) is 20.5. The zero-order chi connectivity index (χ0) is 17.6. The van der Waals surface area contributed by atoms with Crippen LogP contribution in [0.2, 0.25) is 0 Å². The first-order chi connectivity index (χ1) is 10.6. The Bertz CT molecular complexity index is 558. The highest BCUT2D eigenvalue weighted by Gasteiger charge is 2.39. The summed E-state index contributed by atoms with van der Waals surface area (Å²) in [5.41, 5.74) is 4.69. The Morgan fingerprint density at radius 2 is 2.04 bits per heavy atom. The lowest BCUT2D eigenvalue weighted by molar-refractivity contribution is -0.145. The van der Waals surface area contributed by atoms with E-state index in [0.29, 0.717) is 5.69 Å². The number of hydrogen-bond acceptors (Lipinski definition) is 5. The van der Waals surface area contributed by atoms with Crippen LogP contribution >= 0.6 is 0 Å². The van der Waals surface area contributed by atoms with E-state index in [4.69, 9.17) is 10.8 Å². The summed E-state index contributed by atoms with van der Waals surface area (Å²) < 4.78 is 0. The van der Waals surface area contributed by atoms with Crippen LogP contribution in [0.25, 0.3) is 0 Å². The van der Waals surface area contributed by atoms with Gasteiger partial charge in [-0.1, -0.05) is 13.8 Å². The molecule has 9 heteroatoms. The molecule has 1 amide bonds. The number of nitrogens with two attached hydrogens (primary N) is 1. The Balaban J connectivity index is 2.93. The maximum atomic E-state index is 12.4. The lowest BCUT2D eigenvalue weighted by Gasteiger charge is -2.28. The number of nitrogens with zero attached hydrogens (tertiary/aromatic N) is 1. The average molecular weight is 326 g/mol. The Hall–Kier alpha value is -2.42. The van der Waals surface area contributed by atoms with Crippen LogP contribution in [0, 0.1) is 5.92 Å². The SMILES string of the molecule is CC(C)C[C@H](NC(=O)[C@](N)(CC(=O)O)Cc1cnc[nH]1)C(=O)O. The van der Waals surface area contributed by atoms with Gasteiger partial charge in [-0.05, 0) is 12.3 Å². The predicted octanol–water partition coefficient (Wildman–Crippen LogP) is -0.260. The highest BCUT2D eigenvalue weighted by atomic mass is 16.4. The fraction of sp³-hybridized carbons (Fsp3) is 0.571. The number of aromatic nitrogens is 2. The molecule has 0 bridgehead atoms. The van der Waals surface area contributed by atoms with Crippen molar-refractivity contribution in [3.63, 3.8) is 0 Å². The molecule has 0 spiro atoms. The third-order valence-electron chi connectivity index (χ3n) is 3.29. The molecule has 9 nitrogen and oxygen atoms in total. The molecule has 0 aliphatic rings.